The summed E-state index contributed by atoms with van der Waals surface area (Å²) < 4.78 is 5.16. The van der Waals surface area contributed by atoms with E-state index in [1.54, 1.807) is 19.2 Å². The molecule has 1 amide bonds. The van der Waals surface area contributed by atoms with E-state index in [2.05, 4.69) is 11.9 Å². The maximum atomic E-state index is 11.7. The smallest absolute Gasteiger partial charge is 0.251 e. The number of methoxy groups -OCH3 is 1. The molecule has 0 fully saturated rings. The molecule has 0 saturated heterocycles. The second-order valence-electron chi connectivity index (χ2n) is 3.82. The van der Waals surface area contributed by atoms with Gasteiger partial charge in [0.2, 0.25) is 0 Å². The first-order valence-electron chi connectivity index (χ1n) is 5.12. The van der Waals surface area contributed by atoms with Crippen molar-refractivity contribution in [1.29, 1.82) is 0 Å². The molecule has 0 aliphatic rings. The van der Waals surface area contributed by atoms with E-state index in [4.69, 9.17) is 4.74 Å². The number of rotatable bonds is 4. The third-order valence-corrected chi connectivity index (χ3v) is 2.22. The highest BCUT2D eigenvalue weighted by atomic mass is 16.5. The number of carbonyl (C=O) groups excluding carboxylic acids is 1. The van der Waals surface area contributed by atoms with Crippen molar-refractivity contribution >= 4 is 5.91 Å². The van der Waals surface area contributed by atoms with Crippen molar-refractivity contribution in [1.82, 2.24) is 5.32 Å². The van der Waals surface area contributed by atoms with Crippen LogP contribution in [0.25, 0.3) is 0 Å². The van der Waals surface area contributed by atoms with Gasteiger partial charge in [-0.3, -0.25) is 4.79 Å². The minimum atomic E-state index is -0.110. The fourth-order valence-electron chi connectivity index (χ4n) is 1.29. The predicted molar refractivity (Wildman–Crippen MR) is 64.9 cm³/mol. The Morgan fingerprint density at radius 2 is 2.19 bits per heavy atom. The van der Waals surface area contributed by atoms with Crippen LogP contribution in [-0.4, -0.2) is 19.6 Å². The Balaban J connectivity index is 2.80. The summed E-state index contributed by atoms with van der Waals surface area (Å²) in [4.78, 5) is 11.7. The molecular weight excluding hydrogens is 202 g/mol. The van der Waals surface area contributed by atoms with E-state index < -0.39 is 0 Å². The highest BCUT2D eigenvalue weighted by Gasteiger charge is 2.07. The molecule has 0 aromatic heterocycles. The van der Waals surface area contributed by atoms with Gasteiger partial charge in [0.25, 0.3) is 5.91 Å². The van der Waals surface area contributed by atoms with Gasteiger partial charge >= 0.3 is 0 Å². The minimum absolute atomic E-state index is 0.110. The van der Waals surface area contributed by atoms with E-state index in [0.717, 1.165) is 16.9 Å². The normalized spacial score (nSPS) is 9.69. The Morgan fingerprint density at radius 1 is 1.50 bits per heavy atom. The molecule has 1 aromatic carbocycles. The summed E-state index contributed by atoms with van der Waals surface area (Å²) in [5.74, 6) is 0.615. The van der Waals surface area contributed by atoms with E-state index in [-0.39, 0.29) is 5.91 Å². The summed E-state index contributed by atoms with van der Waals surface area (Å²) >= 11 is 0. The Bertz CT molecular complexity index is 410. The molecule has 0 saturated carbocycles. The molecule has 3 nitrogen and oxygen atoms in total. The molecule has 0 radical (unpaired) electrons. The molecule has 16 heavy (non-hydrogen) atoms. The van der Waals surface area contributed by atoms with E-state index in [1.165, 1.54) is 0 Å². The number of benzene rings is 1. The molecule has 0 bridgehead atoms. The monoisotopic (exact) mass is 219 g/mol. The van der Waals surface area contributed by atoms with Crippen LogP contribution in [0.15, 0.2) is 30.4 Å². The van der Waals surface area contributed by atoms with Crippen LogP contribution < -0.4 is 10.1 Å². The zero-order valence-electron chi connectivity index (χ0n) is 9.96. The zero-order valence-corrected chi connectivity index (χ0v) is 9.96. The summed E-state index contributed by atoms with van der Waals surface area (Å²) in [7, 11) is 1.60. The lowest BCUT2D eigenvalue weighted by molar-refractivity contribution is 0.0956. The summed E-state index contributed by atoms with van der Waals surface area (Å²) in [6.45, 7) is 8.03. The van der Waals surface area contributed by atoms with Crippen LogP contribution in [0, 0.1) is 6.92 Å². The number of nitrogens with one attached hydrogen (secondary N) is 1. The summed E-state index contributed by atoms with van der Waals surface area (Å²) in [6, 6.07) is 5.39. The van der Waals surface area contributed by atoms with Crippen LogP contribution in [0.1, 0.15) is 22.8 Å². The number of aryl methyl sites for hydroxylation is 1. The summed E-state index contributed by atoms with van der Waals surface area (Å²) in [5.41, 5.74) is 2.54. The molecule has 86 valence electrons. The Morgan fingerprint density at radius 3 is 2.75 bits per heavy atom. The van der Waals surface area contributed by atoms with Crippen LogP contribution in [0.3, 0.4) is 0 Å². The molecule has 1 N–H and O–H groups in total. The second kappa shape index (κ2) is 5.35. The lowest BCUT2D eigenvalue weighted by atomic mass is 10.1. The first-order chi connectivity index (χ1) is 7.54. The van der Waals surface area contributed by atoms with Crippen LogP contribution in [0.4, 0.5) is 0 Å². The first kappa shape index (κ1) is 12.3. The maximum Gasteiger partial charge on any atom is 0.251 e. The number of ether oxygens (including phenoxy) is 1. The van der Waals surface area contributed by atoms with Crippen LogP contribution in [0.2, 0.25) is 0 Å². The maximum absolute atomic E-state index is 11.7. The second-order valence-corrected chi connectivity index (χ2v) is 3.82. The van der Waals surface area contributed by atoms with Crippen molar-refractivity contribution < 1.29 is 9.53 Å². The van der Waals surface area contributed by atoms with Gasteiger partial charge in [-0.25, -0.2) is 0 Å². The van der Waals surface area contributed by atoms with Gasteiger partial charge in [-0.05, 0) is 31.5 Å². The SMILES string of the molecule is C=C(C)CNC(=O)c1ccc(C)c(OC)c1. The van der Waals surface area contributed by atoms with Crippen molar-refractivity contribution in [2.24, 2.45) is 0 Å². The number of amides is 1. The van der Waals surface area contributed by atoms with E-state index >= 15 is 0 Å². The van der Waals surface area contributed by atoms with Crippen LogP contribution >= 0.6 is 0 Å². The number of carbonyl (C=O) groups is 1. The standard InChI is InChI=1S/C13H17NO2/c1-9(2)8-14-13(15)11-6-5-10(3)12(7-11)16-4/h5-7H,1,8H2,2-4H3,(H,14,15). The lowest BCUT2D eigenvalue weighted by Crippen LogP contribution is -2.24. The van der Waals surface area contributed by atoms with Gasteiger partial charge in [-0.2, -0.15) is 0 Å². The van der Waals surface area contributed by atoms with Crippen molar-refractivity contribution in [2.45, 2.75) is 13.8 Å². The fraction of sp³-hybridized carbons (Fsp3) is 0.308. The van der Waals surface area contributed by atoms with Gasteiger partial charge in [0.15, 0.2) is 0 Å². The largest absolute Gasteiger partial charge is 0.496 e. The molecule has 0 unspecified atom stereocenters. The summed E-state index contributed by atoms with van der Waals surface area (Å²) in [5, 5.41) is 2.78. The van der Waals surface area contributed by atoms with E-state index in [0.29, 0.717) is 12.1 Å². The highest BCUT2D eigenvalue weighted by molar-refractivity contribution is 5.94. The molecule has 0 spiro atoms. The van der Waals surface area contributed by atoms with Crippen molar-refractivity contribution in [3.05, 3.63) is 41.5 Å². The van der Waals surface area contributed by atoms with Crippen molar-refractivity contribution in [3.8, 4) is 5.75 Å². The van der Waals surface area contributed by atoms with Gasteiger partial charge in [0.05, 0.1) is 7.11 Å². The molecule has 1 rings (SSSR count). The van der Waals surface area contributed by atoms with Gasteiger partial charge in [-0.15, -0.1) is 0 Å². The van der Waals surface area contributed by atoms with Crippen LogP contribution in [-0.2, 0) is 0 Å². The van der Waals surface area contributed by atoms with Gasteiger partial charge in [0.1, 0.15) is 5.75 Å². The topological polar surface area (TPSA) is 38.3 Å². The molecule has 1 aromatic rings. The average Bonchev–Trinajstić information content (AvgIpc) is 2.26. The number of hydrogen-bond donors (Lipinski definition) is 1. The molecule has 0 atom stereocenters. The Kier molecular flexibility index (Phi) is 4.11. The van der Waals surface area contributed by atoms with E-state index in [1.807, 2.05) is 19.9 Å². The van der Waals surface area contributed by atoms with Crippen molar-refractivity contribution in [3.63, 3.8) is 0 Å². The average molecular weight is 219 g/mol. The van der Waals surface area contributed by atoms with Gasteiger partial charge < -0.3 is 10.1 Å². The predicted octanol–water partition coefficient (Wildman–Crippen LogP) is 2.31. The fourth-order valence-corrected chi connectivity index (χ4v) is 1.29. The number of hydrogen-bond acceptors (Lipinski definition) is 2. The van der Waals surface area contributed by atoms with Gasteiger partial charge in [-0.1, -0.05) is 18.2 Å². The third kappa shape index (κ3) is 3.12. The quantitative estimate of drug-likeness (QED) is 0.789. The zero-order chi connectivity index (χ0) is 12.1. The van der Waals surface area contributed by atoms with E-state index in [9.17, 15) is 4.79 Å². The van der Waals surface area contributed by atoms with Gasteiger partial charge in [0, 0.05) is 12.1 Å². The van der Waals surface area contributed by atoms with Crippen molar-refractivity contribution in [2.75, 3.05) is 13.7 Å². The molecule has 0 aliphatic heterocycles. The molecule has 3 heteroatoms. The molecule has 0 aliphatic carbocycles. The first-order valence-corrected chi connectivity index (χ1v) is 5.12. The molecular formula is C13H17NO2. The Labute approximate surface area is 96.1 Å². The third-order valence-electron chi connectivity index (χ3n) is 2.22. The summed E-state index contributed by atoms with van der Waals surface area (Å²) in [6.07, 6.45) is 0. The highest BCUT2D eigenvalue weighted by Crippen LogP contribution is 2.18. The lowest BCUT2D eigenvalue weighted by Gasteiger charge is -2.08. The van der Waals surface area contributed by atoms with Crippen LogP contribution in [0.5, 0.6) is 5.75 Å². The molecule has 0 heterocycles. The Hall–Kier alpha value is -1.77. The minimum Gasteiger partial charge on any atom is -0.496 e.